The van der Waals surface area contributed by atoms with Gasteiger partial charge in [-0.1, -0.05) is 30.3 Å². The molecule has 30 heavy (non-hydrogen) atoms. The quantitative estimate of drug-likeness (QED) is 0.668. The third kappa shape index (κ3) is 4.22. The standard InChI is InChI=1S/C24H26N4O2/c29-24(20-8-10-21(11-9-20)30-16-17-4-2-1-3-5-17)28-14-12-19(13-15-28)23-25-22(26-27-23)18-6-7-18/h1-5,8-11,18-19H,6-7,12-16H2,(H,25,26,27). The van der Waals surface area contributed by atoms with Gasteiger partial charge < -0.3 is 9.64 Å². The highest BCUT2D eigenvalue weighted by Crippen LogP contribution is 2.38. The number of hydrogen-bond donors (Lipinski definition) is 1. The van der Waals surface area contributed by atoms with Crippen molar-refractivity contribution in [1.29, 1.82) is 0 Å². The van der Waals surface area contributed by atoms with Crippen LogP contribution >= 0.6 is 0 Å². The topological polar surface area (TPSA) is 71.1 Å². The van der Waals surface area contributed by atoms with Crippen molar-refractivity contribution in [2.45, 2.75) is 44.1 Å². The van der Waals surface area contributed by atoms with Gasteiger partial charge in [-0.25, -0.2) is 4.98 Å². The number of H-pyrrole nitrogens is 1. The summed E-state index contributed by atoms with van der Waals surface area (Å²) in [4.78, 5) is 19.5. The van der Waals surface area contributed by atoms with E-state index in [1.807, 2.05) is 59.5 Å². The lowest BCUT2D eigenvalue weighted by Crippen LogP contribution is -2.38. The minimum atomic E-state index is 0.0827. The lowest BCUT2D eigenvalue weighted by Gasteiger charge is -2.31. The van der Waals surface area contributed by atoms with E-state index < -0.39 is 0 Å². The maximum atomic E-state index is 12.9. The molecule has 5 rings (SSSR count). The molecule has 1 aliphatic carbocycles. The maximum Gasteiger partial charge on any atom is 0.253 e. The van der Waals surface area contributed by atoms with Gasteiger partial charge in [0.15, 0.2) is 5.82 Å². The summed E-state index contributed by atoms with van der Waals surface area (Å²) in [5.41, 5.74) is 1.83. The van der Waals surface area contributed by atoms with Crippen molar-refractivity contribution in [3.63, 3.8) is 0 Å². The largest absolute Gasteiger partial charge is 0.489 e. The molecule has 0 spiro atoms. The summed E-state index contributed by atoms with van der Waals surface area (Å²) < 4.78 is 5.82. The lowest BCUT2D eigenvalue weighted by molar-refractivity contribution is 0.0711. The molecule has 2 heterocycles. The van der Waals surface area contributed by atoms with E-state index in [4.69, 9.17) is 4.74 Å². The number of nitrogens with zero attached hydrogens (tertiary/aromatic N) is 3. The molecule has 6 nitrogen and oxygen atoms in total. The predicted molar refractivity (Wildman–Crippen MR) is 113 cm³/mol. The monoisotopic (exact) mass is 402 g/mol. The van der Waals surface area contributed by atoms with Gasteiger partial charge in [-0.05, 0) is 55.5 Å². The first-order chi connectivity index (χ1) is 14.8. The highest BCUT2D eigenvalue weighted by molar-refractivity contribution is 5.94. The molecular weight excluding hydrogens is 376 g/mol. The van der Waals surface area contributed by atoms with Crippen LogP contribution in [0.3, 0.4) is 0 Å². The molecule has 6 heteroatoms. The number of aromatic amines is 1. The number of carbonyl (C=O) groups excluding carboxylic acids is 1. The van der Waals surface area contributed by atoms with Gasteiger partial charge >= 0.3 is 0 Å². The molecule has 1 N–H and O–H groups in total. The second kappa shape index (κ2) is 8.30. The van der Waals surface area contributed by atoms with Crippen molar-refractivity contribution in [3.8, 4) is 5.75 Å². The second-order valence-corrected chi connectivity index (χ2v) is 8.22. The number of ether oxygens (including phenoxy) is 1. The molecule has 1 aromatic heterocycles. The molecule has 3 aromatic rings. The van der Waals surface area contributed by atoms with Crippen LogP contribution in [0.15, 0.2) is 54.6 Å². The van der Waals surface area contributed by atoms with Crippen LogP contribution in [-0.4, -0.2) is 39.1 Å². The summed E-state index contributed by atoms with van der Waals surface area (Å²) in [5.74, 6) is 3.74. The van der Waals surface area contributed by atoms with Crippen LogP contribution in [0.5, 0.6) is 5.75 Å². The van der Waals surface area contributed by atoms with Crippen LogP contribution in [0.1, 0.15) is 65.1 Å². The summed E-state index contributed by atoms with van der Waals surface area (Å²) >= 11 is 0. The first-order valence-corrected chi connectivity index (χ1v) is 10.7. The summed E-state index contributed by atoms with van der Waals surface area (Å²) in [6, 6.07) is 17.5. The molecule has 154 valence electrons. The number of aromatic nitrogens is 3. The van der Waals surface area contributed by atoms with Crippen molar-refractivity contribution in [3.05, 3.63) is 77.4 Å². The SMILES string of the molecule is O=C(c1ccc(OCc2ccccc2)cc1)N1CCC(c2nc(C3CC3)n[nH]2)CC1. The molecule has 0 bridgehead atoms. The zero-order chi connectivity index (χ0) is 20.3. The molecule has 2 fully saturated rings. The van der Waals surface area contributed by atoms with Crippen molar-refractivity contribution < 1.29 is 9.53 Å². The molecule has 1 saturated carbocycles. The molecule has 0 unspecified atom stereocenters. The van der Waals surface area contributed by atoms with Gasteiger partial charge in [-0.2, -0.15) is 5.10 Å². The molecule has 1 saturated heterocycles. The van der Waals surface area contributed by atoms with E-state index in [1.165, 1.54) is 12.8 Å². The minimum absolute atomic E-state index is 0.0827. The Hall–Kier alpha value is -3.15. The molecule has 0 radical (unpaired) electrons. The Morgan fingerprint density at radius 1 is 0.967 bits per heavy atom. The fourth-order valence-electron chi connectivity index (χ4n) is 3.97. The molecule has 2 aliphatic rings. The number of benzene rings is 2. The molecule has 1 aliphatic heterocycles. The summed E-state index contributed by atoms with van der Waals surface area (Å²) in [7, 11) is 0. The number of likely N-dealkylation sites (tertiary alicyclic amines) is 1. The van der Waals surface area contributed by atoms with E-state index in [-0.39, 0.29) is 5.91 Å². The van der Waals surface area contributed by atoms with Crippen LogP contribution in [0.4, 0.5) is 0 Å². The Morgan fingerprint density at radius 2 is 1.70 bits per heavy atom. The van der Waals surface area contributed by atoms with Gasteiger partial charge in [0.05, 0.1) is 0 Å². The third-order valence-corrected chi connectivity index (χ3v) is 5.98. The van der Waals surface area contributed by atoms with Gasteiger partial charge in [0.2, 0.25) is 0 Å². The van der Waals surface area contributed by atoms with E-state index in [0.717, 1.165) is 48.9 Å². The molecule has 1 amide bonds. The number of nitrogens with one attached hydrogen (secondary N) is 1. The zero-order valence-electron chi connectivity index (χ0n) is 17.0. The fourth-order valence-corrected chi connectivity index (χ4v) is 3.97. The van der Waals surface area contributed by atoms with Crippen LogP contribution in [0.2, 0.25) is 0 Å². The Balaban J connectivity index is 1.14. The number of amides is 1. The Kier molecular flexibility index (Phi) is 5.22. The number of piperidine rings is 1. The smallest absolute Gasteiger partial charge is 0.253 e. The Bertz CT molecular complexity index is 988. The molecule has 2 aromatic carbocycles. The number of carbonyl (C=O) groups is 1. The highest BCUT2D eigenvalue weighted by Gasteiger charge is 2.30. The van der Waals surface area contributed by atoms with E-state index in [2.05, 4.69) is 15.2 Å². The second-order valence-electron chi connectivity index (χ2n) is 8.22. The maximum absolute atomic E-state index is 12.9. The third-order valence-electron chi connectivity index (χ3n) is 5.98. The average molecular weight is 402 g/mol. The van der Waals surface area contributed by atoms with Gasteiger partial charge in [0.1, 0.15) is 18.2 Å². The molecule has 0 atom stereocenters. The van der Waals surface area contributed by atoms with E-state index >= 15 is 0 Å². The van der Waals surface area contributed by atoms with E-state index in [1.54, 1.807) is 0 Å². The lowest BCUT2D eigenvalue weighted by atomic mass is 9.95. The van der Waals surface area contributed by atoms with Gasteiger partial charge in [0, 0.05) is 30.5 Å². The Morgan fingerprint density at radius 3 is 2.40 bits per heavy atom. The van der Waals surface area contributed by atoms with Crippen LogP contribution in [0.25, 0.3) is 0 Å². The van der Waals surface area contributed by atoms with Crippen LogP contribution < -0.4 is 4.74 Å². The summed E-state index contributed by atoms with van der Waals surface area (Å²) in [5, 5.41) is 7.49. The van der Waals surface area contributed by atoms with Crippen LogP contribution in [-0.2, 0) is 6.61 Å². The summed E-state index contributed by atoms with van der Waals surface area (Å²) in [6.45, 7) is 2.01. The van der Waals surface area contributed by atoms with Crippen molar-refractivity contribution in [2.24, 2.45) is 0 Å². The van der Waals surface area contributed by atoms with Gasteiger partial charge in [-0.3, -0.25) is 9.89 Å². The first kappa shape index (κ1) is 18.9. The van der Waals surface area contributed by atoms with Gasteiger partial charge in [0.25, 0.3) is 5.91 Å². The molecular formula is C24H26N4O2. The zero-order valence-corrected chi connectivity index (χ0v) is 17.0. The van der Waals surface area contributed by atoms with E-state index in [9.17, 15) is 4.79 Å². The predicted octanol–water partition coefficient (Wildman–Crippen LogP) is 4.28. The van der Waals surface area contributed by atoms with Crippen molar-refractivity contribution in [1.82, 2.24) is 20.1 Å². The van der Waals surface area contributed by atoms with E-state index in [0.29, 0.717) is 24.0 Å². The normalized spacial score (nSPS) is 17.1. The first-order valence-electron chi connectivity index (χ1n) is 10.7. The number of rotatable bonds is 6. The van der Waals surface area contributed by atoms with Gasteiger partial charge in [-0.15, -0.1) is 0 Å². The van der Waals surface area contributed by atoms with Crippen LogP contribution in [0, 0.1) is 0 Å². The Labute approximate surface area is 176 Å². The van der Waals surface area contributed by atoms with Crippen molar-refractivity contribution >= 4 is 5.91 Å². The fraction of sp³-hybridized carbons (Fsp3) is 0.375. The highest BCUT2D eigenvalue weighted by atomic mass is 16.5. The van der Waals surface area contributed by atoms with Crippen molar-refractivity contribution in [2.75, 3.05) is 13.1 Å². The minimum Gasteiger partial charge on any atom is -0.489 e. The average Bonchev–Trinajstić information content (AvgIpc) is 3.55. The summed E-state index contributed by atoms with van der Waals surface area (Å²) in [6.07, 6.45) is 4.26. The number of hydrogen-bond acceptors (Lipinski definition) is 4.